The van der Waals surface area contributed by atoms with Crippen molar-refractivity contribution in [3.63, 3.8) is 0 Å². The lowest BCUT2D eigenvalue weighted by Crippen LogP contribution is -2.33. The molecule has 0 bridgehead atoms. The molecule has 1 fully saturated rings. The van der Waals surface area contributed by atoms with Crippen LogP contribution in [0.25, 0.3) is 0 Å². The van der Waals surface area contributed by atoms with Gasteiger partial charge in [-0.1, -0.05) is 0 Å². The molecule has 1 heterocycles. The third-order valence-corrected chi connectivity index (χ3v) is 2.31. The van der Waals surface area contributed by atoms with Crippen molar-refractivity contribution in [1.29, 1.82) is 0 Å². The van der Waals surface area contributed by atoms with Gasteiger partial charge in [0, 0.05) is 12.4 Å². The fourth-order valence-electron chi connectivity index (χ4n) is 1.23. The van der Waals surface area contributed by atoms with E-state index >= 15 is 0 Å². The summed E-state index contributed by atoms with van der Waals surface area (Å²) in [6.45, 7) is 0. The third-order valence-electron chi connectivity index (χ3n) is 2.31. The van der Waals surface area contributed by atoms with Gasteiger partial charge in [-0.15, -0.1) is 0 Å². The molecular weight excluding hydrogens is 182 g/mol. The van der Waals surface area contributed by atoms with Crippen molar-refractivity contribution in [1.82, 2.24) is 9.97 Å². The first-order valence-corrected chi connectivity index (χ1v) is 4.36. The summed E-state index contributed by atoms with van der Waals surface area (Å²) in [5.41, 5.74) is 5.29. The Hall–Kier alpha value is -1.49. The molecule has 74 valence electrons. The SMILES string of the molecule is COc1nccnc1C(=O)C1(N)CC1. The number of carbonyl (C=O) groups excluding carboxylic acids is 1. The monoisotopic (exact) mass is 193 g/mol. The first kappa shape index (κ1) is 9.08. The largest absolute Gasteiger partial charge is 0.479 e. The molecule has 5 nitrogen and oxygen atoms in total. The zero-order valence-corrected chi connectivity index (χ0v) is 7.86. The molecule has 0 aliphatic heterocycles. The van der Waals surface area contributed by atoms with Gasteiger partial charge in [0.05, 0.1) is 12.6 Å². The lowest BCUT2D eigenvalue weighted by Gasteiger charge is -2.08. The fourth-order valence-corrected chi connectivity index (χ4v) is 1.23. The van der Waals surface area contributed by atoms with E-state index in [1.807, 2.05) is 0 Å². The first-order valence-electron chi connectivity index (χ1n) is 4.36. The van der Waals surface area contributed by atoms with Crippen molar-refractivity contribution in [3.8, 4) is 5.88 Å². The zero-order valence-electron chi connectivity index (χ0n) is 7.86. The second kappa shape index (κ2) is 3.02. The van der Waals surface area contributed by atoms with Crippen LogP contribution in [-0.2, 0) is 0 Å². The first-order chi connectivity index (χ1) is 6.67. The predicted octanol–water partition coefficient (Wildman–Crippen LogP) is 0.159. The molecule has 14 heavy (non-hydrogen) atoms. The molecule has 0 spiro atoms. The Balaban J connectivity index is 2.35. The third kappa shape index (κ3) is 1.35. The average molecular weight is 193 g/mol. The minimum atomic E-state index is -0.719. The molecule has 0 radical (unpaired) electrons. The van der Waals surface area contributed by atoms with Gasteiger partial charge in [0.2, 0.25) is 11.7 Å². The van der Waals surface area contributed by atoms with Crippen LogP contribution in [0.2, 0.25) is 0 Å². The Bertz CT molecular complexity index is 374. The highest BCUT2D eigenvalue weighted by atomic mass is 16.5. The number of ether oxygens (including phenoxy) is 1. The van der Waals surface area contributed by atoms with E-state index in [-0.39, 0.29) is 17.4 Å². The van der Waals surface area contributed by atoms with Crippen LogP contribution in [0.4, 0.5) is 0 Å². The van der Waals surface area contributed by atoms with Gasteiger partial charge >= 0.3 is 0 Å². The standard InChI is InChI=1S/C9H11N3O2/c1-14-8-6(11-4-5-12-8)7(13)9(10)2-3-9/h4-5H,2-3,10H2,1H3. The van der Waals surface area contributed by atoms with E-state index in [0.29, 0.717) is 12.8 Å². The topological polar surface area (TPSA) is 78.1 Å². The second-order valence-corrected chi connectivity index (χ2v) is 3.40. The minimum absolute atomic E-state index is 0.178. The van der Waals surface area contributed by atoms with Crippen molar-refractivity contribution in [2.45, 2.75) is 18.4 Å². The van der Waals surface area contributed by atoms with E-state index in [9.17, 15) is 4.79 Å². The van der Waals surface area contributed by atoms with Gasteiger partial charge in [0.25, 0.3) is 0 Å². The van der Waals surface area contributed by atoms with Gasteiger partial charge in [-0.05, 0) is 12.8 Å². The van der Waals surface area contributed by atoms with Crippen molar-refractivity contribution in [2.24, 2.45) is 5.73 Å². The van der Waals surface area contributed by atoms with E-state index in [1.54, 1.807) is 0 Å². The number of ketones is 1. The quantitative estimate of drug-likeness (QED) is 0.692. The van der Waals surface area contributed by atoms with E-state index in [0.717, 1.165) is 0 Å². The highest BCUT2D eigenvalue weighted by molar-refractivity contribution is 6.05. The Morgan fingerprint density at radius 3 is 2.71 bits per heavy atom. The van der Waals surface area contributed by atoms with Crippen LogP contribution < -0.4 is 10.5 Å². The normalized spacial score (nSPS) is 17.6. The van der Waals surface area contributed by atoms with Gasteiger partial charge in [-0.25, -0.2) is 9.97 Å². The number of nitrogens with zero attached hydrogens (tertiary/aromatic N) is 2. The number of methoxy groups -OCH3 is 1. The molecule has 0 unspecified atom stereocenters. The van der Waals surface area contributed by atoms with Gasteiger partial charge in [-0.3, -0.25) is 4.79 Å². The Labute approximate surface area is 81.3 Å². The molecule has 0 aromatic carbocycles. The second-order valence-electron chi connectivity index (χ2n) is 3.40. The molecule has 0 atom stereocenters. The van der Waals surface area contributed by atoms with Crippen molar-refractivity contribution >= 4 is 5.78 Å². The highest BCUT2D eigenvalue weighted by Crippen LogP contribution is 2.36. The van der Waals surface area contributed by atoms with Crippen molar-refractivity contribution in [3.05, 3.63) is 18.1 Å². The number of hydrogen-bond acceptors (Lipinski definition) is 5. The molecule has 0 amide bonds. The number of carbonyl (C=O) groups is 1. The highest BCUT2D eigenvalue weighted by Gasteiger charge is 2.47. The van der Waals surface area contributed by atoms with Crippen molar-refractivity contribution in [2.75, 3.05) is 7.11 Å². The molecule has 0 saturated heterocycles. The predicted molar refractivity (Wildman–Crippen MR) is 49.1 cm³/mol. The Morgan fingerprint density at radius 2 is 2.14 bits per heavy atom. The molecule has 2 rings (SSSR count). The summed E-state index contributed by atoms with van der Waals surface area (Å²) in [5, 5.41) is 0. The van der Waals surface area contributed by atoms with Crippen LogP contribution in [0.1, 0.15) is 23.3 Å². The average Bonchev–Trinajstić information content (AvgIpc) is 2.97. The zero-order chi connectivity index (χ0) is 10.2. The molecule has 5 heteroatoms. The summed E-state index contributed by atoms with van der Waals surface area (Å²) in [7, 11) is 1.46. The van der Waals surface area contributed by atoms with Crippen molar-refractivity contribution < 1.29 is 9.53 Å². The maximum Gasteiger partial charge on any atom is 0.243 e. The van der Waals surface area contributed by atoms with Gasteiger partial charge in [0.15, 0.2) is 5.69 Å². The number of aromatic nitrogens is 2. The summed E-state index contributed by atoms with van der Waals surface area (Å²) in [5.74, 6) is 0.0664. The number of rotatable bonds is 3. The smallest absolute Gasteiger partial charge is 0.243 e. The van der Waals surface area contributed by atoms with Gasteiger partial charge in [-0.2, -0.15) is 0 Å². The van der Waals surface area contributed by atoms with Crippen LogP contribution in [0.15, 0.2) is 12.4 Å². The number of hydrogen-bond donors (Lipinski definition) is 1. The number of Topliss-reactive ketones (excluding diaryl/α,β-unsaturated/α-hetero) is 1. The molecule has 2 N–H and O–H groups in total. The maximum absolute atomic E-state index is 11.8. The Kier molecular flexibility index (Phi) is 1.96. The van der Waals surface area contributed by atoms with E-state index in [1.165, 1.54) is 19.5 Å². The summed E-state index contributed by atoms with van der Waals surface area (Å²) >= 11 is 0. The van der Waals surface area contributed by atoms with Crippen LogP contribution in [0, 0.1) is 0 Å². The molecule has 1 aliphatic carbocycles. The molecular formula is C9H11N3O2. The number of nitrogens with two attached hydrogens (primary N) is 1. The van der Waals surface area contributed by atoms with Gasteiger partial charge < -0.3 is 10.5 Å². The molecule has 1 aromatic rings. The molecule has 1 aromatic heterocycles. The lowest BCUT2D eigenvalue weighted by atomic mass is 10.1. The fraction of sp³-hybridized carbons (Fsp3) is 0.444. The minimum Gasteiger partial charge on any atom is -0.479 e. The molecule has 1 saturated carbocycles. The summed E-state index contributed by atoms with van der Waals surface area (Å²) < 4.78 is 4.94. The molecule has 1 aliphatic rings. The van der Waals surface area contributed by atoms with E-state index in [2.05, 4.69) is 9.97 Å². The maximum atomic E-state index is 11.8. The van der Waals surface area contributed by atoms with Crippen LogP contribution in [0.3, 0.4) is 0 Å². The summed E-state index contributed by atoms with van der Waals surface area (Å²) in [4.78, 5) is 19.6. The van der Waals surface area contributed by atoms with Crippen LogP contribution in [0.5, 0.6) is 5.88 Å². The van der Waals surface area contributed by atoms with Crippen LogP contribution in [-0.4, -0.2) is 28.4 Å². The summed E-state index contributed by atoms with van der Waals surface area (Å²) in [6, 6.07) is 0. The van der Waals surface area contributed by atoms with E-state index < -0.39 is 5.54 Å². The van der Waals surface area contributed by atoms with Crippen LogP contribution >= 0.6 is 0 Å². The van der Waals surface area contributed by atoms with E-state index in [4.69, 9.17) is 10.5 Å². The lowest BCUT2D eigenvalue weighted by molar-refractivity contribution is 0.0940. The summed E-state index contributed by atoms with van der Waals surface area (Å²) in [6.07, 6.45) is 4.37. The Morgan fingerprint density at radius 1 is 1.50 bits per heavy atom. The van der Waals surface area contributed by atoms with Gasteiger partial charge in [0.1, 0.15) is 0 Å².